The van der Waals surface area contributed by atoms with Crippen LogP contribution in [0, 0.1) is 18.3 Å². The number of aromatic carboxylic acids is 1. The van der Waals surface area contributed by atoms with Gasteiger partial charge in [-0.25, -0.2) is 4.79 Å². The molecule has 76 valence electrons. The Kier molecular flexibility index (Phi) is 3.64. The Balaban J connectivity index is 3.08. The molecule has 0 aliphatic carbocycles. The fraction of sp³-hybridized carbons (Fsp3) is 0.167. The van der Waals surface area contributed by atoms with E-state index in [1.54, 1.807) is 30.4 Å². The summed E-state index contributed by atoms with van der Waals surface area (Å²) >= 11 is 0. The van der Waals surface area contributed by atoms with Crippen LogP contribution in [0.25, 0.3) is 6.08 Å². The van der Waals surface area contributed by atoms with Crippen molar-refractivity contribution in [1.82, 2.24) is 0 Å². The van der Waals surface area contributed by atoms with E-state index >= 15 is 0 Å². The number of carboxylic acid groups (broad SMARTS) is 1. The summed E-state index contributed by atoms with van der Waals surface area (Å²) in [6.45, 7) is 1.90. The summed E-state index contributed by atoms with van der Waals surface area (Å²) in [6.07, 6.45) is 3.61. The van der Waals surface area contributed by atoms with Gasteiger partial charge in [-0.05, 0) is 18.6 Å². The standard InChI is InChI=1S/C12H11NO2/c1-9-5-6-11(12(14)15)10(8-9)4-2-3-7-13/h2,4-6,8H,3H2,1H3,(H,14,15). The minimum atomic E-state index is -0.952. The maximum Gasteiger partial charge on any atom is 0.336 e. The fourth-order valence-corrected chi connectivity index (χ4v) is 1.25. The first kappa shape index (κ1) is 11.0. The molecule has 0 aromatic heterocycles. The highest BCUT2D eigenvalue weighted by Crippen LogP contribution is 2.13. The molecule has 0 amide bonds. The number of hydrogen-bond donors (Lipinski definition) is 1. The highest BCUT2D eigenvalue weighted by atomic mass is 16.4. The predicted octanol–water partition coefficient (Wildman–Crippen LogP) is 2.62. The fourth-order valence-electron chi connectivity index (χ4n) is 1.25. The average Bonchev–Trinajstić information content (AvgIpc) is 2.18. The third-order valence-corrected chi connectivity index (χ3v) is 1.94. The van der Waals surface area contributed by atoms with Gasteiger partial charge in [0.05, 0.1) is 18.1 Å². The molecule has 0 bridgehead atoms. The molecule has 0 radical (unpaired) electrons. The number of carboxylic acids is 1. The van der Waals surface area contributed by atoms with Crippen molar-refractivity contribution in [3.63, 3.8) is 0 Å². The quantitative estimate of drug-likeness (QED) is 0.817. The summed E-state index contributed by atoms with van der Waals surface area (Å²) in [7, 11) is 0. The first-order chi connectivity index (χ1) is 7.15. The van der Waals surface area contributed by atoms with Crippen LogP contribution in [-0.2, 0) is 0 Å². The first-order valence-corrected chi connectivity index (χ1v) is 4.52. The molecule has 3 heteroatoms. The van der Waals surface area contributed by atoms with Crippen LogP contribution in [0.4, 0.5) is 0 Å². The van der Waals surface area contributed by atoms with Gasteiger partial charge in [-0.15, -0.1) is 0 Å². The molecule has 1 aromatic rings. The van der Waals surface area contributed by atoms with Gasteiger partial charge in [0.25, 0.3) is 0 Å². The molecular formula is C12H11NO2. The molecule has 1 rings (SSSR count). The van der Waals surface area contributed by atoms with Crippen molar-refractivity contribution in [2.45, 2.75) is 13.3 Å². The van der Waals surface area contributed by atoms with E-state index < -0.39 is 5.97 Å². The van der Waals surface area contributed by atoms with Crippen LogP contribution in [0.5, 0.6) is 0 Å². The first-order valence-electron chi connectivity index (χ1n) is 4.52. The monoisotopic (exact) mass is 201 g/mol. The number of nitrogens with zero attached hydrogens (tertiary/aromatic N) is 1. The van der Waals surface area contributed by atoms with E-state index in [2.05, 4.69) is 0 Å². The number of allylic oxidation sites excluding steroid dienone is 1. The smallest absolute Gasteiger partial charge is 0.336 e. The maximum absolute atomic E-state index is 10.9. The third kappa shape index (κ3) is 2.96. The van der Waals surface area contributed by atoms with Gasteiger partial charge in [-0.1, -0.05) is 29.8 Å². The number of hydrogen-bond acceptors (Lipinski definition) is 2. The Morgan fingerprint density at radius 2 is 2.33 bits per heavy atom. The van der Waals surface area contributed by atoms with Gasteiger partial charge in [0.2, 0.25) is 0 Å². The Bertz CT molecular complexity index is 441. The lowest BCUT2D eigenvalue weighted by Crippen LogP contribution is -1.99. The van der Waals surface area contributed by atoms with Crippen LogP contribution in [0.1, 0.15) is 27.9 Å². The van der Waals surface area contributed by atoms with Gasteiger partial charge in [0, 0.05) is 0 Å². The molecule has 3 nitrogen and oxygen atoms in total. The normalized spacial score (nSPS) is 10.1. The molecule has 0 heterocycles. The number of rotatable bonds is 3. The molecule has 0 fully saturated rings. The van der Waals surface area contributed by atoms with Crippen molar-refractivity contribution < 1.29 is 9.90 Å². The second kappa shape index (κ2) is 4.97. The molecule has 0 unspecified atom stereocenters. The van der Waals surface area contributed by atoms with Crippen molar-refractivity contribution >= 4 is 12.0 Å². The van der Waals surface area contributed by atoms with Gasteiger partial charge >= 0.3 is 5.97 Å². The van der Waals surface area contributed by atoms with Crippen molar-refractivity contribution in [3.05, 3.63) is 41.0 Å². The van der Waals surface area contributed by atoms with Crippen LogP contribution in [0.3, 0.4) is 0 Å². The zero-order valence-electron chi connectivity index (χ0n) is 8.40. The Morgan fingerprint density at radius 1 is 1.60 bits per heavy atom. The van der Waals surface area contributed by atoms with Crippen LogP contribution < -0.4 is 0 Å². The van der Waals surface area contributed by atoms with Gasteiger partial charge < -0.3 is 5.11 Å². The molecule has 0 aliphatic heterocycles. The van der Waals surface area contributed by atoms with Crippen molar-refractivity contribution in [3.8, 4) is 6.07 Å². The zero-order chi connectivity index (χ0) is 11.3. The second-order valence-corrected chi connectivity index (χ2v) is 3.16. The maximum atomic E-state index is 10.9. The highest BCUT2D eigenvalue weighted by molar-refractivity contribution is 5.92. The molecule has 1 aromatic carbocycles. The van der Waals surface area contributed by atoms with Crippen molar-refractivity contribution in [2.24, 2.45) is 0 Å². The molecule has 0 aliphatic rings. The highest BCUT2D eigenvalue weighted by Gasteiger charge is 2.06. The topological polar surface area (TPSA) is 61.1 Å². The summed E-state index contributed by atoms with van der Waals surface area (Å²) in [6, 6.07) is 7.08. The van der Waals surface area contributed by atoms with Gasteiger partial charge in [-0.2, -0.15) is 5.26 Å². The molecule has 0 atom stereocenters. The van der Waals surface area contributed by atoms with Crippen LogP contribution >= 0.6 is 0 Å². The van der Waals surface area contributed by atoms with Gasteiger partial charge in [0.15, 0.2) is 0 Å². The third-order valence-electron chi connectivity index (χ3n) is 1.94. The lowest BCUT2D eigenvalue weighted by Gasteiger charge is -2.02. The predicted molar refractivity (Wildman–Crippen MR) is 57.4 cm³/mol. The summed E-state index contributed by atoms with van der Waals surface area (Å²) < 4.78 is 0. The van der Waals surface area contributed by atoms with Crippen LogP contribution in [0.15, 0.2) is 24.3 Å². The zero-order valence-corrected chi connectivity index (χ0v) is 8.40. The average molecular weight is 201 g/mol. The number of carbonyl (C=O) groups is 1. The van der Waals surface area contributed by atoms with E-state index in [1.807, 2.05) is 13.0 Å². The molecule has 1 N–H and O–H groups in total. The van der Waals surface area contributed by atoms with E-state index in [9.17, 15) is 4.79 Å². The lowest BCUT2D eigenvalue weighted by molar-refractivity contribution is 0.0696. The minimum Gasteiger partial charge on any atom is -0.478 e. The number of nitriles is 1. The van der Waals surface area contributed by atoms with E-state index in [0.29, 0.717) is 5.56 Å². The van der Waals surface area contributed by atoms with Crippen molar-refractivity contribution in [1.29, 1.82) is 5.26 Å². The number of aryl methyl sites for hydroxylation is 1. The molecule has 0 saturated heterocycles. The van der Waals surface area contributed by atoms with E-state index in [4.69, 9.17) is 10.4 Å². The van der Waals surface area contributed by atoms with Gasteiger partial charge in [-0.3, -0.25) is 0 Å². The molecule has 0 saturated carbocycles. The van der Waals surface area contributed by atoms with E-state index in [-0.39, 0.29) is 12.0 Å². The largest absolute Gasteiger partial charge is 0.478 e. The SMILES string of the molecule is Cc1ccc(C(=O)O)c(C=CCC#N)c1. The van der Waals surface area contributed by atoms with Crippen LogP contribution in [0.2, 0.25) is 0 Å². The Hall–Kier alpha value is -2.08. The Morgan fingerprint density at radius 3 is 2.93 bits per heavy atom. The van der Waals surface area contributed by atoms with Crippen LogP contribution in [-0.4, -0.2) is 11.1 Å². The summed E-state index contributed by atoms with van der Waals surface area (Å²) in [5.41, 5.74) is 1.89. The summed E-state index contributed by atoms with van der Waals surface area (Å²) in [5, 5.41) is 17.3. The molecule has 0 spiro atoms. The van der Waals surface area contributed by atoms with Gasteiger partial charge in [0.1, 0.15) is 0 Å². The van der Waals surface area contributed by atoms with Crippen molar-refractivity contribution in [2.75, 3.05) is 0 Å². The minimum absolute atomic E-state index is 0.259. The molecule has 15 heavy (non-hydrogen) atoms. The number of benzene rings is 1. The Labute approximate surface area is 88.3 Å². The second-order valence-electron chi connectivity index (χ2n) is 3.16. The van der Waals surface area contributed by atoms with E-state index in [1.165, 1.54) is 0 Å². The van der Waals surface area contributed by atoms with E-state index in [0.717, 1.165) is 5.56 Å². The summed E-state index contributed by atoms with van der Waals surface area (Å²) in [4.78, 5) is 10.9. The lowest BCUT2D eigenvalue weighted by atomic mass is 10.0. The summed E-state index contributed by atoms with van der Waals surface area (Å²) in [5.74, 6) is -0.952. The molecular weight excluding hydrogens is 190 g/mol.